The van der Waals surface area contributed by atoms with E-state index in [1.165, 1.54) is 29.7 Å². The Hall–Kier alpha value is -2.25. The summed E-state index contributed by atoms with van der Waals surface area (Å²) < 4.78 is 35.8. The zero-order valence-electron chi connectivity index (χ0n) is 12.9. The molecule has 24 heavy (non-hydrogen) atoms. The Morgan fingerprint density at radius 1 is 1.08 bits per heavy atom. The molecule has 0 saturated heterocycles. The van der Waals surface area contributed by atoms with Crippen LogP contribution in [0.4, 0.5) is 9.52 Å². The molecule has 0 unspecified atom stereocenters. The monoisotopic (exact) mass is 362 g/mol. The molecule has 0 spiro atoms. The van der Waals surface area contributed by atoms with Crippen LogP contribution < -0.4 is 5.32 Å². The number of hydrogen-bond donors (Lipinski definition) is 1. The summed E-state index contributed by atoms with van der Waals surface area (Å²) in [5, 5.41) is 5.85. The Morgan fingerprint density at radius 2 is 1.75 bits per heavy atom. The number of thiazole rings is 1. The number of anilines is 1. The number of benzene rings is 2. The van der Waals surface area contributed by atoms with Crippen molar-refractivity contribution in [1.82, 2.24) is 4.98 Å². The van der Waals surface area contributed by atoms with Crippen molar-refractivity contribution in [2.24, 2.45) is 0 Å². The van der Waals surface area contributed by atoms with Crippen LogP contribution in [0, 0.1) is 5.82 Å². The number of aromatic nitrogens is 1. The van der Waals surface area contributed by atoms with E-state index in [4.69, 9.17) is 0 Å². The lowest BCUT2D eigenvalue weighted by Gasteiger charge is -2.03. The van der Waals surface area contributed by atoms with Crippen LogP contribution in [0.2, 0.25) is 0 Å². The minimum Gasteiger partial charge on any atom is -0.357 e. The van der Waals surface area contributed by atoms with E-state index < -0.39 is 9.84 Å². The Labute approximate surface area is 143 Å². The lowest BCUT2D eigenvalue weighted by molar-refractivity contribution is 0.602. The molecule has 0 aliphatic carbocycles. The molecule has 0 bridgehead atoms. The van der Waals surface area contributed by atoms with Gasteiger partial charge < -0.3 is 5.32 Å². The molecule has 3 aromatic rings. The van der Waals surface area contributed by atoms with Gasteiger partial charge in [-0.05, 0) is 29.8 Å². The molecule has 124 valence electrons. The van der Waals surface area contributed by atoms with Crippen molar-refractivity contribution < 1.29 is 12.8 Å². The van der Waals surface area contributed by atoms with Crippen LogP contribution in [-0.2, 0) is 16.4 Å². The molecule has 7 heteroatoms. The van der Waals surface area contributed by atoms with Crippen molar-refractivity contribution in [2.45, 2.75) is 11.4 Å². The predicted molar refractivity (Wildman–Crippen MR) is 94.4 cm³/mol. The Balaban J connectivity index is 1.70. The first-order valence-corrected chi connectivity index (χ1v) is 9.93. The molecule has 0 fully saturated rings. The average Bonchev–Trinajstić information content (AvgIpc) is 3.03. The summed E-state index contributed by atoms with van der Waals surface area (Å²) in [5.41, 5.74) is 2.60. The summed E-state index contributed by atoms with van der Waals surface area (Å²) >= 11 is 1.46. The van der Waals surface area contributed by atoms with E-state index in [1.54, 1.807) is 36.4 Å². The van der Waals surface area contributed by atoms with E-state index in [2.05, 4.69) is 10.3 Å². The molecule has 0 aliphatic heterocycles. The van der Waals surface area contributed by atoms with Crippen LogP contribution in [0.5, 0.6) is 0 Å². The van der Waals surface area contributed by atoms with Gasteiger partial charge >= 0.3 is 0 Å². The van der Waals surface area contributed by atoms with Gasteiger partial charge in [-0.2, -0.15) is 0 Å². The van der Waals surface area contributed by atoms with Gasteiger partial charge in [0.2, 0.25) is 0 Å². The molecule has 3 rings (SSSR count). The topological polar surface area (TPSA) is 59.1 Å². The third-order valence-electron chi connectivity index (χ3n) is 3.44. The molecule has 2 aromatic carbocycles. The van der Waals surface area contributed by atoms with Crippen LogP contribution >= 0.6 is 11.3 Å². The highest BCUT2D eigenvalue weighted by atomic mass is 32.2. The fourth-order valence-corrected chi connectivity index (χ4v) is 3.49. The molecular formula is C17H15FN2O2S2. The maximum atomic E-state index is 12.9. The van der Waals surface area contributed by atoms with E-state index in [9.17, 15) is 12.8 Å². The van der Waals surface area contributed by atoms with E-state index in [0.29, 0.717) is 6.54 Å². The highest BCUT2D eigenvalue weighted by Gasteiger charge is 2.09. The van der Waals surface area contributed by atoms with Crippen LogP contribution in [0.25, 0.3) is 11.3 Å². The van der Waals surface area contributed by atoms with Crippen molar-refractivity contribution in [3.63, 3.8) is 0 Å². The van der Waals surface area contributed by atoms with Crippen LogP contribution in [-0.4, -0.2) is 19.7 Å². The molecule has 1 heterocycles. The zero-order valence-corrected chi connectivity index (χ0v) is 14.5. The van der Waals surface area contributed by atoms with Crippen molar-refractivity contribution in [1.29, 1.82) is 0 Å². The molecule has 1 aromatic heterocycles. The largest absolute Gasteiger partial charge is 0.357 e. The Morgan fingerprint density at radius 3 is 2.38 bits per heavy atom. The number of halogens is 1. The maximum Gasteiger partial charge on any atom is 0.183 e. The number of rotatable bonds is 5. The van der Waals surface area contributed by atoms with E-state index in [1.807, 2.05) is 5.38 Å². The predicted octanol–water partition coefficient (Wildman–Crippen LogP) is 3.96. The average molecular weight is 362 g/mol. The number of hydrogen-bond acceptors (Lipinski definition) is 5. The van der Waals surface area contributed by atoms with Crippen molar-refractivity contribution in [3.05, 3.63) is 65.3 Å². The summed E-state index contributed by atoms with van der Waals surface area (Å²) in [6.45, 7) is 0.556. The summed E-state index contributed by atoms with van der Waals surface area (Å²) in [7, 11) is -3.20. The number of sulfone groups is 1. The van der Waals surface area contributed by atoms with Gasteiger partial charge in [0, 0.05) is 23.7 Å². The summed E-state index contributed by atoms with van der Waals surface area (Å²) in [5.74, 6) is -0.257. The highest BCUT2D eigenvalue weighted by Crippen LogP contribution is 2.26. The molecule has 0 amide bonds. The molecule has 0 saturated carbocycles. The normalized spacial score (nSPS) is 11.4. The van der Waals surface area contributed by atoms with Gasteiger partial charge in [0.25, 0.3) is 0 Å². The van der Waals surface area contributed by atoms with Crippen molar-refractivity contribution in [3.8, 4) is 11.3 Å². The van der Waals surface area contributed by atoms with E-state index >= 15 is 0 Å². The molecular weight excluding hydrogens is 347 g/mol. The zero-order chi connectivity index (χ0) is 17.2. The van der Waals surface area contributed by atoms with Gasteiger partial charge in [0.15, 0.2) is 15.0 Å². The van der Waals surface area contributed by atoms with Gasteiger partial charge in [-0.1, -0.05) is 24.3 Å². The smallest absolute Gasteiger partial charge is 0.183 e. The summed E-state index contributed by atoms with van der Waals surface area (Å²) in [6, 6.07) is 12.9. The second-order valence-corrected chi connectivity index (χ2v) is 8.19. The Kier molecular flexibility index (Phi) is 4.64. The van der Waals surface area contributed by atoms with Gasteiger partial charge in [-0.15, -0.1) is 11.3 Å². The quantitative estimate of drug-likeness (QED) is 0.746. The first-order chi connectivity index (χ1) is 11.4. The van der Waals surface area contributed by atoms with Gasteiger partial charge in [0.1, 0.15) is 5.82 Å². The second-order valence-electron chi connectivity index (χ2n) is 5.31. The van der Waals surface area contributed by atoms with Gasteiger partial charge in [-0.3, -0.25) is 0 Å². The van der Waals surface area contributed by atoms with Crippen molar-refractivity contribution in [2.75, 3.05) is 11.6 Å². The molecule has 0 aliphatic rings. The number of nitrogens with zero attached hydrogens (tertiary/aromatic N) is 1. The second kappa shape index (κ2) is 6.70. The molecule has 4 nitrogen and oxygen atoms in total. The minimum atomic E-state index is -3.20. The van der Waals surface area contributed by atoms with E-state index in [-0.39, 0.29) is 10.7 Å². The fourth-order valence-electron chi connectivity index (χ4n) is 2.14. The van der Waals surface area contributed by atoms with Gasteiger partial charge in [0.05, 0.1) is 10.6 Å². The first kappa shape index (κ1) is 16.6. The summed E-state index contributed by atoms with van der Waals surface area (Å²) in [4.78, 5) is 4.78. The van der Waals surface area contributed by atoms with Crippen LogP contribution in [0.15, 0.2) is 58.8 Å². The van der Waals surface area contributed by atoms with E-state index in [0.717, 1.165) is 22.0 Å². The van der Waals surface area contributed by atoms with Crippen LogP contribution in [0.3, 0.4) is 0 Å². The number of nitrogens with one attached hydrogen (secondary N) is 1. The van der Waals surface area contributed by atoms with Crippen molar-refractivity contribution >= 4 is 26.3 Å². The Bertz CT molecular complexity index is 933. The standard InChI is InChI=1S/C17H15FN2O2S2/c1-24(21,22)15-8-4-13(5-9-15)16-11-23-17(20-16)19-10-12-2-6-14(18)7-3-12/h2-9,11H,10H2,1H3,(H,19,20). The molecule has 0 atom stereocenters. The SMILES string of the molecule is CS(=O)(=O)c1ccc(-c2csc(NCc3ccc(F)cc3)n2)cc1. The minimum absolute atomic E-state index is 0.257. The fraction of sp³-hybridized carbons (Fsp3) is 0.118. The van der Waals surface area contributed by atoms with Gasteiger partial charge in [-0.25, -0.2) is 17.8 Å². The molecule has 1 N–H and O–H groups in total. The lowest BCUT2D eigenvalue weighted by Crippen LogP contribution is -1.99. The third-order valence-corrected chi connectivity index (χ3v) is 5.37. The third kappa shape index (κ3) is 3.98. The highest BCUT2D eigenvalue weighted by molar-refractivity contribution is 7.90. The van der Waals surface area contributed by atoms with Crippen LogP contribution in [0.1, 0.15) is 5.56 Å². The first-order valence-electron chi connectivity index (χ1n) is 7.16. The lowest BCUT2D eigenvalue weighted by atomic mass is 10.2. The maximum absolute atomic E-state index is 12.9. The molecule has 0 radical (unpaired) electrons. The summed E-state index contributed by atoms with van der Waals surface area (Å²) in [6.07, 6.45) is 1.18.